The molecule has 5 heteroatoms. The van der Waals surface area contributed by atoms with Crippen molar-refractivity contribution in [3.63, 3.8) is 0 Å². The smallest absolute Gasteiger partial charge is 0.323 e. The molecule has 0 heterocycles. The third-order valence-corrected chi connectivity index (χ3v) is 6.38. The maximum Gasteiger partial charge on any atom is 0.323 e. The number of methoxy groups -OCH3 is 2. The number of esters is 2. The summed E-state index contributed by atoms with van der Waals surface area (Å²) >= 11 is 0. The first-order chi connectivity index (χ1) is 13.8. The number of hydrogen-bond donors (Lipinski definition) is 0. The van der Waals surface area contributed by atoms with Crippen molar-refractivity contribution in [2.24, 2.45) is 5.41 Å². The molecule has 0 N–H and O–H groups in total. The quantitative estimate of drug-likeness (QED) is 0.567. The zero-order valence-corrected chi connectivity index (χ0v) is 18.0. The van der Waals surface area contributed by atoms with E-state index in [9.17, 15) is 9.59 Å². The van der Waals surface area contributed by atoms with Crippen LogP contribution >= 0.6 is 0 Å². The summed E-state index contributed by atoms with van der Waals surface area (Å²) in [5.74, 6) is -1.07. The molecule has 1 aliphatic carbocycles. The monoisotopic (exact) mass is 395 g/mol. The van der Waals surface area contributed by atoms with Crippen LogP contribution in [0.1, 0.15) is 40.8 Å². The summed E-state index contributed by atoms with van der Waals surface area (Å²) in [5.41, 5.74) is 5.27. The molecule has 0 aliphatic heterocycles. The van der Waals surface area contributed by atoms with E-state index in [0.717, 1.165) is 27.9 Å². The van der Waals surface area contributed by atoms with E-state index >= 15 is 0 Å². The van der Waals surface area contributed by atoms with Crippen molar-refractivity contribution in [1.82, 2.24) is 0 Å². The second-order valence-electron chi connectivity index (χ2n) is 7.91. The molecule has 0 amide bonds. The van der Waals surface area contributed by atoms with Gasteiger partial charge in [-0.3, -0.25) is 9.59 Å². The maximum absolute atomic E-state index is 12.6. The number of hydrogen-bond acceptors (Lipinski definition) is 5. The Bertz CT molecular complexity index is 920. The van der Waals surface area contributed by atoms with E-state index in [4.69, 9.17) is 9.47 Å². The van der Waals surface area contributed by atoms with Crippen molar-refractivity contribution in [3.05, 3.63) is 64.2 Å². The SMILES string of the molecule is COC(=O)C1(C(=O)OC)Cc2c(C)cc(N(C)C(C)c3ccccc3)c(C)c2C1. The number of anilines is 1. The fourth-order valence-electron chi connectivity index (χ4n) is 4.46. The Hall–Kier alpha value is -2.82. The highest BCUT2D eigenvalue weighted by atomic mass is 16.5. The van der Waals surface area contributed by atoms with E-state index in [-0.39, 0.29) is 6.04 Å². The van der Waals surface area contributed by atoms with Crippen LogP contribution in [0.2, 0.25) is 0 Å². The molecule has 3 rings (SSSR count). The molecule has 0 aromatic heterocycles. The lowest BCUT2D eigenvalue weighted by atomic mass is 9.84. The fourth-order valence-corrected chi connectivity index (χ4v) is 4.46. The average molecular weight is 395 g/mol. The minimum Gasteiger partial charge on any atom is -0.468 e. The number of benzene rings is 2. The summed E-state index contributed by atoms with van der Waals surface area (Å²) in [6.45, 7) is 6.27. The predicted molar refractivity (Wildman–Crippen MR) is 113 cm³/mol. The van der Waals surface area contributed by atoms with E-state index in [1.807, 2.05) is 25.1 Å². The maximum atomic E-state index is 12.6. The Balaban J connectivity index is 2.04. The molecule has 2 aromatic rings. The van der Waals surface area contributed by atoms with E-state index in [0.29, 0.717) is 12.8 Å². The van der Waals surface area contributed by atoms with Crippen LogP contribution in [0.15, 0.2) is 36.4 Å². The summed E-state index contributed by atoms with van der Waals surface area (Å²) in [6.07, 6.45) is 0.613. The minimum absolute atomic E-state index is 0.180. The van der Waals surface area contributed by atoms with Gasteiger partial charge in [-0.15, -0.1) is 0 Å². The summed E-state index contributed by atoms with van der Waals surface area (Å²) < 4.78 is 9.99. The molecule has 0 bridgehead atoms. The van der Waals surface area contributed by atoms with Crippen LogP contribution in [0.25, 0.3) is 0 Å². The van der Waals surface area contributed by atoms with Gasteiger partial charge in [0.2, 0.25) is 0 Å². The van der Waals surface area contributed by atoms with Crippen molar-refractivity contribution >= 4 is 17.6 Å². The van der Waals surface area contributed by atoms with Gasteiger partial charge in [0.05, 0.1) is 20.3 Å². The van der Waals surface area contributed by atoms with Crippen LogP contribution < -0.4 is 4.90 Å². The first-order valence-electron chi connectivity index (χ1n) is 9.83. The molecule has 0 fully saturated rings. The Morgan fingerprint density at radius 2 is 1.55 bits per heavy atom. The molecule has 29 heavy (non-hydrogen) atoms. The molecule has 1 aliphatic rings. The van der Waals surface area contributed by atoms with Crippen LogP contribution in [0.4, 0.5) is 5.69 Å². The molecule has 1 atom stereocenters. The normalized spacial score (nSPS) is 15.4. The first kappa shape index (κ1) is 20.9. The summed E-state index contributed by atoms with van der Waals surface area (Å²) in [7, 11) is 4.71. The van der Waals surface area contributed by atoms with E-state index in [1.165, 1.54) is 19.8 Å². The van der Waals surface area contributed by atoms with E-state index in [2.05, 4.69) is 44.0 Å². The van der Waals surface area contributed by atoms with E-state index < -0.39 is 17.4 Å². The second-order valence-corrected chi connectivity index (χ2v) is 7.91. The number of nitrogens with zero attached hydrogens (tertiary/aromatic N) is 1. The van der Waals surface area contributed by atoms with Crippen molar-refractivity contribution in [2.75, 3.05) is 26.2 Å². The summed E-state index contributed by atoms with van der Waals surface area (Å²) in [6, 6.07) is 12.7. The number of carbonyl (C=O) groups excluding carboxylic acids is 2. The summed E-state index contributed by atoms with van der Waals surface area (Å²) in [5, 5.41) is 0. The van der Waals surface area contributed by atoms with Crippen LogP contribution in [0.3, 0.4) is 0 Å². The zero-order chi connectivity index (χ0) is 21.3. The first-order valence-corrected chi connectivity index (χ1v) is 9.83. The molecule has 0 radical (unpaired) electrons. The molecule has 0 saturated heterocycles. The second kappa shape index (κ2) is 7.90. The van der Waals surface area contributed by atoms with Crippen molar-refractivity contribution in [1.29, 1.82) is 0 Å². The highest BCUT2D eigenvalue weighted by molar-refractivity contribution is 6.02. The number of fused-ring (bicyclic) bond motifs is 1. The molecule has 154 valence electrons. The molecule has 0 spiro atoms. The van der Waals surface area contributed by atoms with Gasteiger partial charge in [0.1, 0.15) is 0 Å². The highest BCUT2D eigenvalue weighted by Crippen LogP contribution is 2.45. The topological polar surface area (TPSA) is 55.8 Å². The van der Waals surface area contributed by atoms with Crippen LogP contribution in [0, 0.1) is 19.3 Å². The lowest BCUT2D eigenvalue weighted by Crippen LogP contribution is -2.42. The lowest BCUT2D eigenvalue weighted by Gasteiger charge is -2.30. The predicted octanol–water partition coefficient (Wildman–Crippen LogP) is 3.93. The molecule has 0 saturated carbocycles. The van der Waals surface area contributed by atoms with Crippen molar-refractivity contribution in [3.8, 4) is 0 Å². The van der Waals surface area contributed by atoms with Crippen molar-refractivity contribution < 1.29 is 19.1 Å². The molecule has 1 unspecified atom stereocenters. The Kier molecular flexibility index (Phi) is 5.69. The summed E-state index contributed by atoms with van der Waals surface area (Å²) in [4.78, 5) is 27.5. The lowest BCUT2D eigenvalue weighted by molar-refractivity contribution is -0.168. The molecule has 5 nitrogen and oxygen atoms in total. The third-order valence-electron chi connectivity index (χ3n) is 6.38. The largest absolute Gasteiger partial charge is 0.468 e. The molecular weight excluding hydrogens is 366 g/mol. The number of carbonyl (C=O) groups is 2. The fraction of sp³-hybridized carbons (Fsp3) is 0.417. The van der Waals surface area contributed by atoms with E-state index in [1.54, 1.807) is 0 Å². The van der Waals surface area contributed by atoms with Gasteiger partial charge < -0.3 is 14.4 Å². The average Bonchev–Trinajstić information content (AvgIpc) is 3.17. The Labute approximate surface area is 172 Å². The van der Waals surface area contributed by atoms with Gasteiger partial charge in [-0.25, -0.2) is 0 Å². The minimum atomic E-state index is -1.30. The van der Waals surface area contributed by atoms with Gasteiger partial charge in [0.15, 0.2) is 5.41 Å². The van der Waals surface area contributed by atoms with Gasteiger partial charge >= 0.3 is 11.9 Å². The van der Waals surface area contributed by atoms with Gasteiger partial charge in [-0.2, -0.15) is 0 Å². The zero-order valence-electron chi connectivity index (χ0n) is 18.0. The Morgan fingerprint density at radius 3 is 2.10 bits per heavy atom. The van der Waals surface area contributed by atoms with Crippen LogP contribution in [-0.2, 0) is 31.9 Å². The third kappa shape index (κ3) is 3.39. The van der Waals surface area contributed by atoms with Crippen LogP contribution in [0.5, 0.6) is 0 Å². The number of aryl methyl sites for hydroxylation is 1. The number of ether oxygens (including phenoxy) is 2. The number of rotatable bonds is 5. The highest BCUT2D eigenvalue weighted by Gasteiger charge is 2.53. The van der Waals surface area contributed by atoms with Gasteiger partial charge in [-0.05, 0) is 54.7 Å². The van der Waals surface area contributed by atoms with Gasteiger partial charge in [-0.1, -0.05) is 30.3 Å². The van der Waals surface area contributed by atoms with Gasteiger partial charge in [0, 0.05) is 25.6 Å². The van der Waals surface area contributed by atoms with Crippen molar-refractivity contribution in [2.45, 2.75) is 39.7 Å². The Morgan fingerprint density at radius 1 is 1.00 bits per heavy atom. The van der Waals surface area contributed by atoms with Gasteiger partial charge in [0.25, 0.3) is 0 Å². The van der Waals surface area contributed by atoms with Crippen LogP contribution in [-0.4, -0.2) is 33.2 Å². The standard InChI is InChI=1S/C24H29NO4/c1-15-12-21(25(4)17(3)18-10-8-7-9-11-18)16(2)20-14-24(13-19(15)20,22(26)28-5)23(27)29-6/h7-12,17H,13-14H2,1-6H3. The molecule has 2 aromatic carbocycles. The molecular formula is C24H29NO4.